The van der Waals surface area contributed by atoms with Gasteiger partial charge in [-0.25, -0.2) is 4.98 Å². The van der Waals surface area contributed by atoms with E-state index in [1.807, 2.05) is 43.3 Å². The van der Waals surface area contributed by atoms with Gasteiger partial charge in [-0.15, -0.1) is 0 Å². The van der Waals surface area contributed by atoms with Crippen molar-refractivity contribution in [1.29, 1.82) is 5.26 Å². The van der Waals surface area contributed by atoms with Crippen LogP contribution in [0.2, 0.25) is 0 Å². The minimum absolute atomic E-state index is 0.104. The van der Waals surface area contributed by atoms with Gasteiger partial charge in [0, 0.05) is 13.6 Å². The van der Waals surface area contributed by atoms with E-state index in [1.54, 1.807) is 25.5 Å². The second-order valence-electron chi connectivity index (χ2n) is 7.07. The number of hydrogen-bond acceptors (Lipinski definition) is 5. The average molecular weight is 395 g/mol. The fourth-order valence-electron chi connectivity index (χ4n) is 2.89. The van der Waals surface area contributed by atoms with E-state index in [4.69, 9.17) is 0 Å². The zero-order chi connectivity index (χ0) is 20.5. The summed E-state index contributed by atoms with van der Waals surface area (Å²) >= 11 is 1.22. The van der Waals surface area contributed by atoms with Gasteiger partial charge in [0.15, 0.2) is 5.16 Å². The van der Waals surface area contributed by atoms with E-state index in [9.17, 15) is 14.9 Å². The van der Waals surface area contributed by atoms with Crippen LogP contribution in [0.1, 0.15) is 20.8 Å². The average Bonchev–Trinajstić information content (AvgIpc) is 2.70. The Bertz CT molecular complexity index is 1160. The van der Waals surface area contributed by atoms with Gasteiger partial charge in [0.25, 0.3) is 5.56 Å². The number of amides is 1. The summed E-state index contributed by atoms with van der Waals surface area (Å²) < 4.78 is 1.59. The molecular weight excluding hydrogens is 372 g/mol. The van der Waals surface area contributed by atoms with Crippen LogP contribution in [0.3, 0.4) is 0 Å². The van der Waals surface area contributed by atoms with Crippen LogP contribution in [0.25, 0.3) is 21.7 Å². The molecule has 2 aromatic carbocycles. The lowest BCUT2D eigenvalue weighted by Crippen LogP contribution is -2.44. The summed E-state index contributed by atoms with van der Waals surface area (Å²) in [5, 5.41) is 12.3. The third kappa shape index (κ3) is 3.60. The smallest absolute Gasteiger partial charge is 0.262 e. The van der Waals surface area contributed by atoms with Gasteiger partial charge < -0.3 is 4.90 Å². The predicted octanol–water partition coefficient (Wildman–Crippen LogP) is 3.42. The van der Waals surface area contributed by atoms with Gasteiger partial charge in [-0.3, -0.25) is 14.2 Å². The maximum Gasteiger partial charge on any atom is 0.262 e. The highest BCUT2D eigenvalue weighted by molar-refractivity contribution is 7.99. The first-order valence-corrected chi connectivity index (χ1v) is 10.0. The molecule has 28 heavy (non-hydrogen) atoms. The highest BCUT2D eigenvalue weighted by Crippen LogP contribution is 2.23. The van der Waals surface area contributed by atoms with Crippen molar-refractivity contribution in [2.45, 2.75) is 38.0 Å². The largest absolute Gasteiger partial charge is 0.327 e. The number of carbonyl (C=O) groups is 1. The molecule has 7 heteroatoms. The fraction of sp³-hybridized carbons (Fsp3) is 0.333. The second-order valence-corrected chi connectivity index (χ2v) is 8.02. The van der Waals surface area contributed by atoms with Crippen LogP contribution in [0.5, 0.6) is 0 Å². The number of fused-ring (bicyclic) bond motifs is 2. The van der Waals surface area contributed by atoms with Crippen molar-refractivity contribution in [2.75, 3.05) is 12.8 Å². The van der Waals surface area contributed by atoms with E-state index in [1.165, 1.54) is 16.7 Å². The lowest BCUT2D eigenvalue weighted by atomic mass is 10.1. The number of hydrogen-bond donors (Lipinski definition) is 0. The van der Waals surface area contributed by atoms with Crippen molar-refractivity contribution >= 4 is 39.3 Å². The summed E-state index contributed by atoms with van der Waals surface area (Å²) in [6, 6.07) is 13.7. The van der Waals surface area contributed by atoms with Crippen molar-refractivity contribution in [2.24, 2.45) is 0 Å². The molecule has 0 fully saturated rings. The summed E-state index contributed by atoms with van der Waals surface area (Å²) in [6.07, 6.45) is 0. The lowest BCUT2D eigenvalue weighted by Gasteiger charge is -2.29. The first-order valence-electron chi connectivity index (χ1n) is 9.02. The predicted molar refractivity (Wildman–Crippen MR) is 112 cm³/mol. The minimum Gasteiger partial charge on any atom is -0.327 e. The number of nitriles is 1. The molecule has 0 radical (unpaired) electrons. The van der Waals surface area contributed by atoms with E-state index in [2.05, 4.69) is 11.1 Å². The number of aromatic nitrogens is 2. The van der Waals surface area contributed by atoms with Crippen LogP contribution < -0.4 is 5.56 Å². The van der Waals surface area contributed by atoms with Gasteiger partial charge in [0.05, 0.1) is 22.7 Å². The first kappa shape index (κ1) is 19.9. The Morgan fingerprint density at radius 2 is 1.93 bits per heavy atom. The van der Waals surface area contributed by atoms with Crippen molar-refractivity contribution in [3.63, 3.8) is 0 Å². The Labute approximate surface area is 167 Å². The molecule has 0 aliphatic heterocycles. The first-order chi connectivity index (χ1) is 13.3. The van der Waals surface area contributed by atoms with Crippen molar-refractivity contribution in [1.82, 2.24) is 14.5 Å². The fourth-order valence-corrected chi connectivity index (χ4v) is 3.86. The number of benzene rings is 2. The van der Waals surface area contributed by atoms with Gasteiger partial charge in [-0.1, -0.05) is 36.0 Å². The number of rotatable bonds is 5. The molecule has 0 spiro atoms. The summed E-state index contributed by atoms with van der Waals surface area (Å²) in [5.41, 5.74) is -0.384. The molecule has 0 unspecified atom stereocenters. The van der Waals surface area contributed by atoms with Crippen LogP contribution in [-0.2, 0) is 11.3 Å². The second kappa shape index (κ2) is 7.64. The normalized spacial score (nSPS) is 11.5. The molecule has 3 rings (SSSR count). The van der Waals surface area contributed by atoms with Crippen molar-refractivity contribution in [3.05, 3.63) is 46.8 Å². The van der Waals surface area contributed by atoms with E-state index < -0.39 is 5.54 Å². The van der Waals surface area contributed by atoms with Gasteiger partial charge in [-0.2, -0.15) is 5.26 Å². The molecule has 0 aliphatic rings. The summed E-state index contributed by atoms with van der Waals surface area (Å²) in [6.45, 7) is 5.73. The van der Waals surface area contributed by atoms with Crippen LogP contribution in [0, 0.1) is 11.3 Å². The van der Waals surface area contributed by atoms with E-state index >= 15 is 0 Å². The quantitative estimate of drug-likeness (QED) is 0.376. The highest BCUT2D eigenvalue weighted by atomic mass is 32.2. The van der Waals surface area contributed by atoms with Gasteiger partial charge in [0.1, 0.15) is 5.54 Å². The molecule has 0 atom stereocenters. The van der Waals surface area contributed by atoms with Crippen LogP contribution in [0.15, 0.2) is 46.3 Å². The van der Waals surface area contributed by atoms with Crippen LogP contribution in [-0.4, -0.2) is 38.7 Å². The van der Waals surface area contributed by atoms with E-state index in [0.29, 0.717) is 22.6 Å². The molecule has 0 saturated heterocycles. The van der Waals surface area contributed by atoms with E-state index in [0.717, 1.165) is 10.8 Å². The molecule has 3 aromatic rings. The molecular formula is C21H22N4O2S. The van der Waals surface area contributed by atoms with Crippen molar-refractivity contribution in [3.8, 4) is 6.07 Å². The lowest BCUT2D eigenvalue weighted by molar-refractivity contribution is -0.130. The Morgan fingerprint density at radius 1 is 1.29 bits per heavy atom. The molecule has 0 aliphatic carbocycles. The van der Waals surface area contributed by atoms with Crippen LogP contribution in [0.4, 0.5) is 0 Å². The monoisotopic (exact) mass is 394 g/mol. The standard InChI is InChI=1S/C21H22N4O2S/c1-5-25-19(27)16-10-14-8-6-7-9-15(14)11-17(16)23-20(25)28-12-18(26)24(4)21(2,3)13-22/h6-11H,5,12H2,1-4H3. The van der Waals surface area contributed by atoms with Crippen molar-refractivity contribution < 1.29 is 4.79 Å². The maximum absolute atomic E-state index is 13.0. The Balaban J connectivity index is 1.99. The van der Waals surface area contributed by atoms with Crippen LogP contribution >= 0.6 is 11.8 Å². The Hall–Kier alpha value is -2.85. The van der Waals surface area contributed by atoms with Gasteiger partial charge >= 0.3 is 0 Å². The third-order valence-corrected chi connectivity index (χ3v) is 5.87. The molecule has 1 aromatic heterocycles. The zero-order valence-electron chi connectivity index (χ0n) is 16.4. The molecule has 1 amide bonds. The van der Waals surface area contributed by atoms with E-state index in [-0.39, 0.29) is 17.2 Å². The topological polar surface area (TPSA) is 79.0 Å². The summed E-state index contributed by atoms with van der Waals surface area (Å²) in [5.74, 6) is -0.0836. The molecule has 6 nitrogen and oxygen atoms in total. The molecule has 0 N–H and O–H groups in total. The molecule has 0 bridgehead atoms. The highest BCUT2D eigenvalue weighted by Gasteiger charge is 2.27. The van der Waals surface area contributed by atoms with Gasteiger partial charge in [0.2, 0.25) is 5.91 Å². The molecule has 1 heterocycles. The number of nitrogens with zero attached hydrogens (tertiary/aromatic N) is 4. The number of thioether (sulfide) groups is 1. The third-order valence-electron chi connectivity index (χ3n) is 4.91. The maximum atomic E-state index is 13.0. The molecule has 0 saturated carbocycles. The zero-order valence-corrected chi connectivity index (χ0v) is 17.2. The van der Waals surface area contributed by atoms with Gasteiger partial charge in [-0.05, 0) is 43.7 Å². The summed E-state index contributed by atoms with van der Waals surface area (Å²) in [7, 11) is 1.61. The number of carbonyl (C=O) groups excluding carboxylic acids is 1. The summed E-state index contributed by atoms with van der Waals surface area (Å²) in [4.78, 5) is 31.5. The minimum atomic E-state index is -0.891. The Kier molecular flexibility index (Phi) is 5.43. The SMILES string of the molecule is CCn1c(SCC(=O)N(C)C(C)(C)C#N)nc2cc3ccccc3cc2c1=O. The molecule has 144 valence electrons. The Morgan fingerprint density at radius 3 is 2.54 bits per heavy atom.